The third-order valence-corrected chi connectivity index (χ3v) is 3.24. The third-order valence-electron chi connectivity index (χ3n) is 2.99. The van der Waals surface area contributed by atoms with Gasteiger partial charge in [-0.15, -0.1) is 0 Å². The van der Waals surface area contributed by atoms with E-state index in [0.29, 0.717) is 10.8 Å². The van der Waals surface area contributed by atoms with Crippen LogP contribution in [-0.2, 0) is 5.54 Å². The van der Waals surface area contributed by atoms with Gasteiger partial charge in [0.15, 0.2) is 0 Å². The predicted molar refractivity (Wildman–Crippen MR) is 72.9 cm³/mol. The van der Waals surface area contributed by atoms with E-state index in [-0.39, 0.29) is 0 Å². The number of hydrogen-bond acceptors (Lipinski definition) is 3. The highest BCUT2D eigenvalue weighted by atomic mass is 35.5. The van der Waals surface area contributed by atoms with Crippen LogP contribution in [0.2, 0.25) is 5.02 Å². The van der Waals surface area contributed by atoms with Gasteiger partial charge in [0, 0.05) is 11.2 Å². The van der Waals surface area contributed by atoms with Crippen molar-refractivity contribution in [1.82, 2.24) is 4.98 Å². The molecule has 2 N–H and O–H groups in total. The Balaban J connectivity index is 2.43. The summed E-state index contributed by atoms with van der Waals surface area (Å²) in [5.41, 5.74) is 7.63. The molecule has 2 rings (SSSR count). The van der Waals surface area contributed by atoms with Crippen molar-refractivity contribution in [1.29, 1.82) is 0 Å². The highest BCUT2D eigenvalue weighted by Gasteiger charge is 2.24. The van der Waals surface area contributed by atoms with E-state index in [1.54, 1.807) is 19.5 Å². The summed E-state index contributed by atoms with van der Waals surface area (Å²) in [7, 11) is 1.61. The molecule has 0 spiro atoms. The molecule has 18 heavy (non-hydrogen) atoms. The molecule has 2 aromatic rings. The van der Waals surface area contributed by atoms with Crippen LogP contribution in [0.5, 0.6) is 5.75 Å². The van der Waals surface area contributed by atoms with E-state index in [9.17, 15) is 0 Å². The monoisotopic (exact) mass is 262 g/mol. The van der Waals surface area contributed by atoms with Crippen molar-refractivity contribution < 1.29 is 4.74 Å². The third kappa shape index (κ3) is 2.47. The largest absolute Gasteiger partial charge is 0.495 e. The maximum atomic E-state index is 6.39. The van der Waals surface area contributed by atoms with Crippen LogP contribution in [0.15, 0.2) is 42.7 Å². The lowest BCUT2D eigenvalue weighted by Crippen LogP contribution is -2.34. The molecular formula is C14H15ClN2O. The van der Waals surface area contributed by atoms with E-state index >= 15 is 0 Å². The molecule has 1 atom stereocenters. The van der Waals surface area contributed by atoms with Gasteiger partial charge < -0.3 is 10.5 Å². The lowest BCUT2D eigenvalue weighted by atomic mass is 9.87. The van der Waals surface area contributed by atoms with E-state index < -0.39 is 5.54 Å². The number of nitrogens with two attached hydrogens (primary N) is 1. The summed E-state index contributed by atoms with van der Waals surface area (Å²) in [6, 6.07) is 9.39. The Kier molecular flexibility index (Phi) is 3.55. The quantitative estimate of drug-likeness (QED) is 0.925. The second-order valence-corrected chi connectivity index (χ2v) is 4.76. The van der Waals surface area contributed by atoms with Gasteiger partial charge in [0.05, 0.1) is 18.8 Å². The van der Waals surface area contributed by atoms with E-state index in [4.69, 9.17) is 22.1 Å². The first-order chi connectivity index (χ1) is 8.54. The normalized spacial score (nSPS) is 14.0. The minimum absolute atomic E-state index is 0.633. The molecule has 1 aromatic heterocycles. The second kappa shape index (κ2) is 4.96. The topological polar surface area (TPSA) is 48.1 Å². The predicted octanol–water partition coefficient (Wildman–Crippen LogP) is 2.97. The SMILES string of the molecule is COc1cncc(C(C)(N)c2ccc(Cl)cc2)c1. The molecule has 0 saturated heterocycles. The first-order valence-electron chi connectivity index (χ1n) is 5.58. The molecule has 0 aliphatic carbocycles. The fraction of sp³-hybridized carbons (Fsp3) is 0.214. The van der Waals surface area contributed by atoms with Gasteiger partial charge in [-0.1, -0.05) is 23.7 Å². The van der Waals surface area contributed by atoms with E-state index in [2.05, 4.69) is 4.98 Å². The zero-order valence-corrected chi connectivity index (χ0v) is 11.1. The van der Waals surface area contributed by atoms with Gasteiger partial charge in [-0.25, -0.2) is 0 Å². The molecule has 0 fully saturated rings. The molecule has 1 unspecified atom stereocenters. The van der Waals surface area contributed by atoms with Crippen molar-refractivity contribution in [2.75, 3.05) is 7.11 Å². The second-order valence-electron chi connectivity index (χ2n) is 4.32. The Morgan fingerprint density at radius 2 is 1.83 bits per heavy atom. The van der Waals surface area contributed by atoms with Crippen molar-refractivity contribution in [3.8, 4) is 5.75 Å². The van der Waals surface area contributed by atoms with Crippen molar-refractivity contribution in [3.05, 3.63) is 58.9 Å². The smallest absolute Gasteiger partial charge is 0.137 e. The molecule has 0 aliphatic rings. The van der Waals surface area contributed by atoms with Gasteiger partial charge in [-0.05, 0) is 36.2 Å². The van der Waals surface area contributed by atoms with Crippen molar-refractivity contribution in [2.24, 2.45) is 5.73 Å². The fourth-order valence-corrected chi connectivity index (χ4v) is 1.90. The first-order valence-corrected chi connectivity index (χ1v) is 5.96. The summed E-state index contributed by atoms with van der Waals surface area (Å²) in [4.78, 5) is 4.13. The number of nitrogens with zero attached hydrogens (tertiary/aromatic N) is 1. The molecule has 0 aliphatic heterocycles. The number of methoxy groups -OCH3 is 1. The van der Waals surface area contributed by atoms with Crippen molar-refractivity contribution in [2.45, 2.75) is 12.5 Å². The van der Waals surface area contributed by atoms with Crippen LogP contribution in [0, 0.1) is 0 Å². The standard InChI is InChI=1S/C14H15ClN2O/c1-14(16,10-3-5-12(15)6-4-10)11-7-13(18-2)9-17-8-11/h3-9H,16H2,1-2H3. The summed E-state index contributed by atoms with van der Waals surface area (Å²) in [6.07, 6.45) is 3.40. The molecule has 1 heterocycles. The lowest BCUT2D eigenvalue weighted by Gasteiger charge is -2.25. The highest BCUT2D eigenvalue weighted by Crippen LogP contribution is 2.28. The zero-order valence-electron chi connectivity index (χ0n) is 10.4. The number of pyridine rings is 1. The van der Waals surface area contributed by atoms with Gasteiger partial charge in [0.2, 0.25) is 0 Å². The molecule has 0 amide bonds. The average Bonchev–Trinajstić information content (AvgIpc) is 2.39. The van der Waals surface area contributed by atoms with Crippen LogP contribution in [0.4, 0.5) is 0 Å². The molecule has 0 bridgehead atoms. The minimum atomic E-state index is -0.633. The van der Waals surface area contributed by atoms with Crippen LogP contribution in [0.1, 0.15) is 18.1 Å². The number of benzene rings is 1. The highest BCUT2D eigenvalue weighted by molar-refractivity contribution is 6.30. The summed E-state index contributed by atoms with van der Waals surface area (Å²) < 4.78 is 5.17. The number of hydrogen-bond donors (Lipinski definition) is 1. The molecule has 1 aromatic carbocycles. The fourth-order valence-electron chi connectivity index (χ4n) is 1.78. The number of rotatable bonds is 3. The van der Waals surface area contributed by atoms with Crippen LogP contribution in [0.3, 0.4) is 0 Å². The summed E-state index contributed by atoms with van der Waals surface area (Å²) >= 11 is 5.88. The molecule has 0 radical (unpaired) electrons. The van der Waals surface area contributed by atoms with Gasteiger partial charge >= 0.3 is 0 Å². The van der Waals surface area contributed by atoms with E-state index in [1.165, 1.54) is 0 Å². The van der Waals surface area contributed by atoms with Crippen LogP contribution < -0.4 is 10.5 Å². The zero-order chi connectivity index (χ0) is 13.2. The van der Waals surface area contributed by atoms with Crippen molar-refractivity contribution >= 4 is 11.6 Å². The summed E-state index contributed by atoms with van der Waals surface area (Å²) in [6.45, 7) is 1.94. The Hall–Kier alpha value is -1.58. The minimum Gasteiger partial charge on any atom is -0.495 e. The first kappa shape index (κ1) is 12.9. The van der Waals surface area contributed by atoms with Crippen LogP contribution in [-0.4, -0.2) is 12.1 Å². The van der Waals surface area contributed by atoms with Gasteiger partial charge in [0.25, 0.3) is 0 Å². The van der Waals surface area contributed by atoms with Crippen LogP contribution >= 0.6 is 11.6 Å². The van der Waals surface area contributed by atoms with Gasteiger partial charge in [-0.2, -0.15) is 0 Å². The maximum Gasteiger partial charge on any atom is 0.137 e. The number of ether oxygens (including phenoxy) is 1. The van der Waals surface area contributed by atoms with Crippen LogP contribution in [0.25, 0.3) is 0 Å². The number of aromatic nitrogens is 1. The Labute approximate surface area is 112 Å². The van der Waals surface area contributed by atoms with Gasteiger partial charge in [0.1, 0.15) is 5.75 Å². The van der Waals surface area contributed by atoms with Gasteiger partial charge in [-0.3, -0.25) is 4.98 Å². The lowest BCUT2D eigenvalue weighted by molar-refractivity contribution is 0.410. The molecule has 3 nitrogen and oxygen atoms in total. The summed E-state index contributed by atoms with van der Waals surface area (Å²) in [5, 5.41) is 0.693. The van der Waals surface area contributed by atoms with Crippen molar-refractivity contribution in [3.63, 3.8) is 0 Å². The number of halogens is 1. The maximum absolute atomic E-state index is 6.39. The summed E-state index contributed by atoms with van der Waals surface area (Å²) in [5.74, 6) is 0.693. The molecular weight excluding hydrogens is 248 g/mol. The van der Waals surface area contributed by atoms with E-state index in [1.807, 2.05) is 37.3 Å². The Morgan fingerprint density at radius 3 is 2.44 bits per heavy atom. The average molecular weight is 263 g/mol. The van der Waals surface area contributed by atoms with E-state index in [0.717, 1.165) is 11.1 Å². The Bertz CT molecular complexity index is 538. The molecule has 0 saturated carbocycles. The Morgan fingerprint density at radius 1 is 1.17 bits per heavy atom. The molecule has 94 valence electrons. The molecule has 4 heteroatoms.